The number of fused-ring (bicyclic) bond motifs is 1. The Labute approximate surface area is 177 Å². The van der Waals surface area contributed by atoms with E-state index in [1.807, 2.05) is 48.5 Å². The van der Waals surface area contributed by atoms with E-state index in [9.17, 15) is 9.18 Å². The summed E-state index contributed by atoms with van der Waals surface area (Å²) in [7, 11) is 0. The highest BCUT2D eigenvalue weighted by atomic mass is 19.1. The number of rotatable bonds is 5. The van der Waals surface area contributed by atoms with Crippen molar-refractivity contribution in [2.24, 2.45) is 0 Å². The number of amides is 1. The predicted octanol–water partition coefficient (Wildman–Crippen LogP) is 4.94. The Hall–Kier alpha value is -4.26. The maximum Gasteiger partial charge on any atom is 0.230 e. The second kappa shape index (κ2) is 7.87. The normalized spacial score (nSPS) is 11.0. The molecular formula is C24H18FN5O. The number of nitrogens with one attached hydrogen (secondary N) is 3. The standard InChI is InChI=1S/C24H18FN5O/c25-18-8-9-21-22(11-18)30-24(29-21)16-6-4-15(5-7-16)17-2-1-3-19(10-17)28-23(31)12-20-13-26-14-27-20/h1-11,13-14H,12H2,(H,26,27)(H,28,31)(H,29,30). The molecular weight excluding hydrogens is 393 g/mol. The fraction of sp³-hybridized carbons (Fsp3) is 0.0417. The van der Waals surface area contributed by atoms with Crippen LogP contribution in [0.25, 0.3) is 33.5 Å². The molecule has 0 aliphatic carbocycles. The topological polar surface area (TPSA) is 86.5 Å². The van der Waals surface area contributed by atoms with Gasteiger partial charge in [0.25, 0.3) is 0 Å². The Bertz CT molecular complexity index is 1360. The Morgan fingerprint density at radius 2 is 1.81 bits per heavy atom. The minimum atomic E-state index is -0.297. The maximum atomic E-state index is 13.4. The van der Waals surface area contributed by atoms with Crippen molar-refractivity contribution in [2.45, 2.75) is 6.42 Å². The van der Waals surface area contributed by atoms with Gasteiger partial charge in [0.2, 0.25) is 5.91 Å². The van der Waals surface area contributed by atoms with E-state index in [1.165, 1.54) is 12.1 Å². The van der Waals surface area contributed by atoms with Gasteiger partial charge in [-0.25, -0.2) is 14.4 Å². The van der Waals surface area contributed by atoms with E-state index >= 15 is 0 Å². The van der Waals surface area contributed by atoms with Crippen molar-refractivity contribution < 1.29 is 9.18 Å². The van der Waals surface area contributed by atoms with Crippen LogP contribution in [0.1, 0.15) is 5.69 Å². The third-order valence-corrected chi connectivity index (χ3v) is 4.99. The number of nitrogens with zero attached hydrogens (tertiary/aromatic N) is 2. The lowest BCUT2D eigenvalue weighted by Gasteiger charge is -2.08. The van der Waals surface area contributed by atoms with E-state index in [-0.39, 0.29) is 18.1 Å². The van der Waals surface area contributed by atoms with Crippen LogP contribution in [0.15, 0.2) is 79.3 Å². The van der Waals surface area contributed by atoms with Gasteiger partial charge in [0.1, 0.15) is 11.6 Å². The fourth-order valence-corrected chi connectivity index (χ4v) is 3.48. The van der Waals surface area contributed by atoms with E-state index in [4.69, 9.17) is 0 Å². The van der Waals surface area contributed by atoms with Gasteiger partial charge in [0, 0.05) is 23.1 Å². The summed E-state index contributed by atoms with van der Waals surface area (Å²) in [5.74, 6) is 0.277. The summed E-state index contributed by atoms with van der Waals surface area (Å²) < 4.78 is 13.4. The number of hydrogen-bond acceptors (Lipinski definition) is 3. The van der Waals surface area contributed by atoms with Gasteiger partial charge in [-0.2, -0.15) is 0 Å². The number of H-pyrrole nitrogens is 2. The van der Waals surface area contributed by atoms with Gasteiger partial charge in [0.05, 0.1) is 23.8 Å². The molecule has 0 spiro atoms. The number of halogens is 1. The molecule has 0 aliphatic rings. The van der Waals surface area contributed by atoms with Crippen LogP contribution in [-0.2, 0) is 11.2 Å². The average molecular weight is 411 g/mol. The molecule has 3 aromatic carbocycles. The minimum absolute atomic E-state index is 0.113. The van der Waals surface area contributed by atoms with Crippen molar-refractivity contribution in [1.29, 1.82) is 0 Å². The van der Waals surface area contributed by atoms with Crippen LogP contribution < -0.4 is 5.32 Å². The molecule has 0 bridgehead atoms. The molecule has 0 fully saturated rings. The maximum absolute atomic E-state index is 13.4. The number of hydrogen-bond donors (Lipinski definition) is 3. The van der Waals surface area contributed by atoms with Crippen molar-refractivity contribution in [1.82, 2.24) is 19.9 Å². The number of imidazole rings is 2. The zero-order chi connectivity index (χ0) is 21.2. The van der Waals surface area contributed by atoms with Gasteiger partial charge in [-0.3, -0.25) is 4.79 Å². The molecule has 0 atom stereocenters. The number of benzene rings is 3. The third kappa shape index (κ3) is 4.06. The SMILES string of the molecule is O=C(Cc1cnc[nH]1)Nc1cccc(-c2ccc(-c3nc4ccc(F)cc4[nH]3)cc2)c1. The minimum Gasteiger partial charge on any atom is -0.348 e. The number of carbonyl (C=O) groups excluding carboxylic acids is 1. The van der Waals surface area contributed by atoms with Gasteiger partial charge in [-0.05, 0) is 41.5 Å². The van der Waals surface area contributed by atoms with E-state index in [0.717, 1.165) is 33.6 Å². The number of aromatic amines is 2. The molecule has 3 N–H and O–H groups in total. The Balaban J connectivity index is 1.34. The molecule has 0 saturated carbocycles. The van der Waals surface area contributed by atoms with Crippen LogP contribution in [0, 0.1) is 5.82 Å². The van der Waals surface area contributed by atoms with E-state index in [0.29, 0.717) is 11.3 Å². The smallest absolute Gasteiger partial charge is 0.230 e. The Kier molecular flexibility index (Phi) is 4.76. The van der Waals surface area contributed by atoms with Crippen molar-refractivity contribution in [3.05, 3.63) is 90.8 Å². The van der Waals surface area contributed by atoms with Gasteiger partial charge in [-0.1, -0.05) is 36.4 Å². The summed E-state index contributed by atoms with van der Waals surface area (Å²) in [5, 5.41) is 2.91. The number of anilines is 1. The van der Waals surface area contributed by atoms with Crippen molar-refractivity contribution in [3.63, 3.8) is 0 Å². The van der Waals surface area contributed by atoms with Crippen LogP contribution in [0.2, 0.25) is 0 Å². The fourth-order valence-electron chi connectivity index (χ4n) is 3.48. The summed E-state index contributed by atoms with van der Waals surface area (Å²) in [4.78, 5) is 26.8. The second-order valence-corrected chi connectivity index (χ2v) is 7.21. The molecule has 5 aromatic rings. The first-order valence-electron chi connectivity index (χ1n) is 9.77. The van der Waals surface area contributed by atoms with E-state index in [2.05, 4.69) is 25.3 Å². The van der Waals surface area contributed by atoms with Crippen LogP contribution in [-0.4, -0.2) is 25.8 Å². The molecule has 0 unspecified atom stereocenters. The first-order chi connectivity index (χ1) is 15.1. The van der Waals surface area contributed by atoms with Crippen molar-refractivity contribution in [3.8, 4) is 22.5 Å². The average Bonchev–Trinajstić information content (AvgIpc) is 3.43. The summed E-state index contributed by atoms with van der Waals surface area (Å²) in [6.45, 7) is 0. The first kappa shape index (κ1) is 18.7. The second-order valence-electron chi connectivity index (χ2n) is 7.21. The van der Waals surface area contributed by atoms with Crippen molar-refractivity contribution in [2.75, 3.05) is 5.32 Å². The zero-order valence-electron chi connectivity index (χ0n) is 16.4. The third-order valence-electron chi connectivity index (χ3n) is 4.99. The Morgan fingerprint density at radius 3 is 2.61 bits per heavy atom. The van der Waals surface area contributed by atoms with Crippen LogP contribution in [0.5, 0.6) is 0 Å². The summed E-state index contributed by atoms with van der Waals surface area (Å²) >= 11 is 0. The van der Waals surface area contributed by atoms with Gasteiger partial charge >= 0.3 is 0 Å². The van der Waals surface area contributed by atoms with Crippen LogP contribution in [0.3, 0.4) is 0 Å². The lowest BCUT2D eigenvalue weighted by molar-refractivity contribution is -0.115. The van der Waals surface area contributed by atoms with E-state index in [1.54, 1.807) is 18.6 Å². The number of carbonyl (C=O) groups is 1. The molecule has 1 amide bonds. The molecule has 2 aromatic heterocycles. The molecule has 0 saturated heterocycles. The van der Waals surface area contributed by atoms with Crippen LogP contribution >= 0.6 is 0 Å². The van der Waals surface area contributed by atoms with Crippen LogP contribution in [0.4, 0.5) is 10.1 Å². The number of aromatic nitrogens is 4. The van der Waals surface area contributed by atoms with E-state index < -0.39 is 0 Å². The first-order valence-corrected chi connectivity index (χ1v) is 9.77. The largest absolute Gasteiger partial charge is 0.348 e. The highest BCUT2D eigenvalue weighted by Gasteiger charge is 2.08. The molecule has 7 heteroatoms. The summed E-state index contributed by atoms with van der Waals surface area (Å²) in [6, 6.07) is 20.1. The van der Waals surface area contributed by atoms with Gasteiger partial charge < -0.3 is 15.3 Å². The highest BCUT2D eigenvalue weighted by molar-refractivity contribution is 5.92. The monoisotopic (exact) mass is 411 g/mol. The van der Waals surface area contributed by atoms with Gasteiger partial charge in [-0.15, -0.1) is 0 Å². The molecule has 152 valence electrons. The quantitative estimate of drug-likeness (QED) is 0.383. The predicted molar refractivity (Wildman–Crippen MR) is 118 cm³/mol. The summed E-state index contributed by atoms with van der Waals surface area (Å²) in [6.07, 6.45) is 3.42. The Morgan fingerprint density at radius 1 is 0.968 bits per heavy atom. The molecule has 0 aliphatic heterocycles. The van der Waals surface area contributed by atoms with Gasteiger partial charge in [0.15, 0.2) is 0 Å². The molecule has 0 radical (unpaired) electrons. The molecule has 6 nitrogen and oxygen atoms in total. The molecule has 2 heterocycles. The molecule has 31 heavy (non-hydrogen) atoms. The lowest BCUT2D eigenvalue weighted by atomic mass is 10.0. The lowest BCUT2D eigenvalue weighted by Crippen LogP contribution is -2.14. The summed E-state index contributed by atoms with van der Waals surface area (Å²) in [5.41, 5.74) is 5.78. The zero-order valence-corrected chi connectivity index (χ0v) is 16.4. The van der Waals surface area contributed by atoms with Crippen molar-refractivity contribution >= 4 is 22.6 Å². The molecule has 5 rings (SSSR count). The highest BCUT2D eigenvalue weighted by Crippen LogP contribution is 2.27.